The maximum Gasteiger partial charge on any atom is 0.295 e. The highest BCUT2D eigenvalue weighted by molar-refractivity contribution is 7.86. The van der Waals surface area contributed by atoms with Crippen LogP contribution in [-0.4, -0.2) is 25.9 Å². The van der Waals surface area contributed by atoms with Crippen molar-refractivity contribution in [3.8, 4) is 11.1 Å². The fourth-order valence-electron chi connectivity index (χ4n) is 5.33. The molecule has 242 valence electrons. The van der Waals surface area contributed by atoms with Crippen LogP contribution in [0.5, 0.6) is 0 Å². The summed E-state index contributed by atoms with van der Waals surface area (Å²) in [6, 6.07) is 26.4. The van der Waals surface area contributed by atoms with Crippen LogP contribution in [-0.2, 0) is 20.2 Å². The molecule has 6 rings (SSSR count). The number of aryl methyl sites for hydroxylation is 2. The summed E-state index contributed by atoms with van der Waals surface area (Å²) in [5, 5.41) is 19.2. The molecule has 0 fully saturated rings. The number of rotatable bonds is 7. The molecule has 12 nitrogen and oxygen atoms in total. The molecule has 0 amide bonds. The molecule has 0 saturated carbocycles. The second kappa shape index (κ2) is 12.2. The number of hydrogen-bond donors (Lipinski definition) is 4. The third-order valence-electron chi connectivity index (χ3n) is 7.85. The molecule has 14 heteroatoms. The van der Waals surface area contributed by atoms with E-state index in [9.17, 15) is 25.9 Å². The highest BCUT2D eigenvalue weighted by atomic mass is 32.2. The van der Waals surface area contributed by atoms with E-state index in [0.717, 1.165) is 22.3 Å². The SMILES string of the molecule is Cc1cc(-c2ccc(N=Nc3c(N)ccc4cc(S(=O)(=O)O)ccc34)c(C)c2)ccc1N=Nc1cc(S(=O)(=O)O)c2ccccc2c1N. The number of fused-ring (bicyclic) bond motifs is 2. The lowest BCUT2D eigenvalue weighted by molar-refractivity contribution is 0.481. The molecule has 0 radical (unpaired) electrons. The Morgan fingerprint density at radius 1 is 0.562 bits per heavy atom. The van der Waals surface area contributed by atoms with Gasteiger partial charge in [-0.2, -0.15) is 27.1 Å². The average molecular weight is 681 g/mol. The van der Waals surface area contributed by atoms with E-state index in [0.29, 0.717) is 38.9 Å². The van der Waals surface area contributed by atoms with E-state index in [-0.39, 0.29) is 26.6 Å². The third-order valence-corrected chi connectivity index (χ3v) is 9.59. The van der Waals surface area contributed by atoms with E-state index in [2.05, 4.69) is 20.5 Å². The van der Waals surface area contributed by atoms with E-state index in [4.69, 9.17) is 11.5 Å². The number of nitrogens with two attached hydrogens (primary N) is 2. The summed E-state index contributed by atoms with van der Waals surface area (Å²) in [6.45, 7) is 3.76. The Morgan fingerprint density at radius 3 is 1.73 bits per heavy atom. The number of nitrogen functional groups attached to an aromatic ring is 2. The van der Waals surface area contributed by atoms with Crippen molar-refractivity contribution in [2.45, 2.75) is 23.6 Å². The minimum absolute atomic E-state index is 0.110. The normalized spacial score (nSPS) is 12.5. The van der Waals surface area contributed by atoms with Crippen LogP contribution in [0.3, 0.4) is 0 Å². The Labute approximate surface area is 276 Å². The largest absolute Gasteiger partial charge is 0.397 e. The van der Waals surface area contributed by atoms with Gasteiger partial charge < -0.3 is 11.5 Å². The standard InChI is InChI=1S/C34H28N6O6S2/c1-19-15-21(8-13-29(19)37-39-31-18-32(48(44,45)46)26-5-3-4-6-27(26)33(31)36)22-9-14-30(20(2)16-22)38-40-34-25-11-10-24(47(41,42)43)17-23(25)7-12-28(34)35/h3-18H,35-36H2,1-2H3,(H,41,42,43)(H,44,45,46). The summed E-state index contributed by atoms with van der Waals surface area (Å²) in [6.07, 6.45) is 0. The van der Waals surface area contributed by atoms with Gasteiger partial charge in [-0.3, -0.25) is 9.11 Å². The predicted molar refractivity (Wildman–Crippen MR) is 186 cm³/mol. The molecule has 0 aromatic heterocycles. The minimum atomic E-state index is -4.54. The van der Waals surface area contributed by atoms with Crippen molar-refractivity contribution < 1.29 is 25.9 Å². The molecule has 0 aliphatic rings. The lowest BCUT2D eigenvalue weighted by Crippen LogP contribution is -2.01. The van der Waals surface area contributed by atoms with E-state index in [1.807, 2.05) is 44.2 Å². The van der Waals surface area contributed by atoms with Crippen molar-refractivity contribution >= 4 is 75.9 Å². The van der Waals surface area contributed by atoms with Crippen molar-refractivity contribution in [1.82, 2.24) is 0 Å². The summed E-state index contributed by atoms with van der Waals surface area (Å²) in [7, 11) is -8.90. The molecule has 0 atom stereocenters. The maximum absolute atomic E-state index is 12.1. The van der Waals surface area contributed by atoms with Crippen LogP contribution in [0, 0.1) is 13.8 Å². The van der Waals surface area contributed by atoms with Crippen molar-refractivity contribution in [3.63, 3.8) is 0 Å². The first-order valence-electron chi connectivity index (χ1n) is 14.3. The predicted octanol–water partition coefficient (Wildman–Crippen LogP) is 8.77. The van der Waals surface area contributed by atoms with E-state index < -0.39 is 20.2 Å². The van der Waals surface area contributed by atoms with Crippen LogP contribution in [0.4, 0.5) is 34.1 Å². The number of azo groups is 2. The van der Waals surface area contributed by atoms with Crippen LogP contribution in [0.2, 0.25) is 0 Å². The molecule has 0 spiro atoms. The Balaban J connectivity index is 1.27. The summed E-state index contributed by atoms with van der Waals surface area (Å²) < 4.78 is 66.4. The highest BCUT2D eigenvalue weighted by Crippen LogP contribution is 2.38. The summed E-state index contributed by atoms with van der Waals surface area (Å²) in [4.78, 5) is -0.536. The first-order chi connectivity index (χ1) is 22.7. The molecule has 0 heterocycles. The smallest absolute Gasteiger partial charge is 0.295 e. The second-order valence-corrected chi connectivity index (χ2v) is 13.9. The van der Waals surface area contributed by atoms with E-state index in [1.165, 1.54) is 24.3 Å². The van der Waals surface area contributed by atoms with Gasteiger partial charge in [0.25, 0.3) is 20.2 Å². The van der Waals surface area contributed by atoms with Gasteiger partial charge in [-0.25, -0.2) is 0 Å². The molecule has 6 N–H and O–H groups in total. The zero-order chi connectivity index (χ0) is 34.4. The lowest BCUT2D eigenvalue weighted by Gasteiger charge is -2.10. The third kappa shape index (κ3) is 6.37. The van der Waals surface area contributed by atoms with Crippen LogP contribution >= 0.6 is 0 Å². The number of hydrogen-bond acceptors (Lipinski definition) is 10. The van der Waals surface area contributed by atoms with Crippen molar-refractivity contribution in [2.24, 2.45) is 20.5 Å². The highest BCUT2D eigenvalue weighted by Gasteiger charge is 2.19. The van der Waals surface area contributed by atoms with Gasteiger partial charge >= 0.3 is 0 Å². The molecule has 0 aliphatic heterocycles. The Hall–Kier alpha value is -5.54. The van der Waals surface area contributed by atoms with E-state index >= 15 is 0 Å². The summed E-state index contributed by atoms with van der Waals surface area (Å²) >= 11 is 0. The molecular weight excluding hydrogens is 653 g/mol. The van der Waals surface area contributed by atoms with Crippen molar-refractivity contribution in [1.29, 1.82) is 0 Å². The number of nitrogens with zero attached hydrogens (tertiary/aromatic N) is 4. The molecule has 0 unspecified atom stereocenters. The summed E-state index contributed by atoms with van der Waals surface area (Å²) in [5.74, 6) is 0. The fourth-order valence-corrected chi connectivity index (χ4v) is 6.57. The maximum atomic E-state index is 12.1. The molecule has 6 aromatic carbocycles. The monoisotopic (exact) mass is 680 g/mol. The number of anilines is 2. The first kappa shape index (κ1) is 32.4. The van der Waals surface area contributed by atoms with Gasteiger partial charge in [0.05, 0.1) is 27.6 Å². The zero-order valence-electron chi connectivity index (χ0n) is 25.5. The van der Waals surface area contributed by atoms with Gasteiger partial charge in [0, 0.05) is 16.2 Å². The zero-order valence-corrected chi connectivity index (χ0v) is 27.2. The average Bonchev–Trinajstić information content (AvgIpc) is 3.04. The van der Waals surface area contributed by atoms with Crippen LogP contribution in [0.1, 0.15) is 11.1 Å². The minimum Gasteiger partial charge on any atom is -0.397 e. The topological polar surface area (TPSA) is 210 Å². The second-order valence-electron chi connectivity index (χ2n) is 11.1. The van der Waals surface area contributed by atoms with Gasteiger partial charge in [-0.15, -0.1) is 10.2 Å². The Morgan fingerprint density at radius 2 is 1.15 bits per heavy atom. The van der Waals surface area contributed by atoms with Gasteiger partial charge in [0.1, 0.15) is 16.3 Å². The van der Waals surface area contributed by atoms with Gasteiger partial charge in [-0.05, 0) is 90.0 Å². The van der Waals surface area contributed by atoms with Crippen LogP contribution < -0.4 is 11.5 Å². The van der Waals surface area contributed by atoms with Gasteiger partial charge in [0.15, 0.2) is 0 Å². The van der Waals surface area contributed by atoms with Crippen LogP contribution in [0.25, 0.3) is 32.7 Å². The first-order valence-corrected chi connectivity index (χ1v) is 17.2. The number of benzene rings is 6. The van der Waals surface area contributed by atoms with E-state index in [1.54, 1.807) is 42.5 Å². The van der Waals surface area contributed by atoms with Crippen LogP contribution in [0.15, 0.2) is 127 Å². The van der Waals surface area contributed by atoms with Crippen molar-refractivity contribution in [3.05, 3.63) is 108 Å². The lowest BCUT2D eigenvalue weighted by atomic mass is 10.0. The molecule has 48 heavy (non-hydrogen) atoms. The fraction of sp³-hybridized carbons (Fsp3) is 0.0588. The molecule has 0 bridgehead atoms. The molecular formula is C34H28N6O6S2. The van der Waals surface area contributed by atoms with Gasteiger partial charge in [-0.1, -0.05) is 48.5 Å². The molecule has 0 aliphatic carbocycles. The van der Waals surface area contributed by atoms with Gasteiger partial charge in [0.2, 0.25) is 0 Å². The Bertz CT molecular complexity index is 2570. The molecule has 0 saturated heterocycles. The summed E-state index contributed by atoms with van der Waals surface area (Å²) in [5.41, 5.74) is 18.1. The Kier molecular flexibility index (Phi) is 8.26. The molecule has 6 aromatic rings. The van der Waals surface area contributed by atoms with Crippen molar-refractivity contribution in [2.75, 3.05) is 11.5 Å². The quantitative estimate of drug-likeness (QED) is 0.0725.